The van der Waals surface area contributed by atoms with Crippen molar-refractivity contribution in [3.63, 3.8) is 0 Å². The molecule has 0 aromatic carbocycles. The number of carboxylic acids is 1. The quantitative estimate of drug-likeness (QED) is 0.771. The van der Waals surface area contributed by atoms with Crippen LogP contribution in [-0.4, -0.2) is 26.0 Å². The van der Waals surface area contributed by atoms with Gasteiger partial charge in [0.1, 0.15) is 4.21 Å². The number of hydrogen-bond acceptors (Lipinski definition) is 4. The molecule has 9 heteroatoms. The first kappa shape index (κ1) is 17.2. The van der Waals surface area contributed by atoms with Gasteiger partial charge in [0.15, 0.2) is 0 Å². The minimum Gasteiger partial charge on any atom is -0.481 e. The van der Waals surface area contributed by atoms with Crippen molar-refractivity contribution in [3.05, 3.63) is 14.9 Å². The molecule has 2 rings (SSSR count). The van der Waals surface area contributed by atoms with Crippen LogP contribution in [-0.2, 0) is 14.8 Å². The van der Waals surface area contributed by atoms with Gasteiger partial charge in [0, 0.05) is 6.54 Å². The Labute approximate surface area is 140 Å². The molecule has 21 heavy (non-hydrogen) atoms. The van der Waals surface area contributed by atoms with Crippen molar-refractivity contribution in [1.29, 1.82) is 0 Å². The van der Waals surface area contributed by atoms with Crippen LogP contribution in [0.2, 0.25) is 5.02 Å². The summed E-state index contributed by atoms with van der Waals surface area (Å²) in [6, 6.07) is 1.38. The summed E-state index contributed by atoms with van der Waals surface area (Å²) in [5.41, 5.74) is 0. The molecule has 2 unspecified atom stereocenters. The van der Waals surface area contributed by atoms with E-state index in [0.29, 0.717) is 15.2 Å². The largest absolute Gasteiger partial charge is 0.481 e. The first-order valence-corrected chi connectivity index (χ1v) is 9.95. The van der Waals surface area contributed by atoms with Gasteiger partial charge in [-0.2, -0.15) is 0 Å². The van der Waals surface area contributed by atoms with Gasteiger partial charge in [-0.05, 0) is 40.8 Å². The Morgan fingerprint density at radius 1 is 1.48 bits per heavy atom. The van der Waals surface area contributed by atoms with E-state index >= 15 is 0 Å². The summed E-state index contributed by atoms with van der Waals surface area (Å²) >= 11 is 10.1. The SMILES string of the molecule is O=C(O)C1CCCCC1CNS(=O)(=O)c1cc(Cl)c(Br)s1. The molecule has 1 aromatic heterocycles. The van der Waals surface area contributed by atoms with Crippen LogP contribution in [0.3, 0.4) is 0 Å². The molecule has 0 spiro atoms. The van der Waals surface area contributed by atoms with Crippen molar-refractivity contribution < 1.29 is 18.3 Å². The van der Waals surface area contributed by atoms with E-state index in [4.69, 9.17) is 11.6 Å². The lowest BCUT2D eigenvalue weighted by molar-refractivity contribution is -0.144. The van der Waals surface area contributed by atoms with Crippen LogP contribution < -0.4 is 4.72 Å². The smallest absolute Gasteiger partial charge is 0.306 e. The highest BCUT2D eigenvalue weighted by Gasteiger charge is 2.32. The molecule has 0 aliphatic heterocycles. The monoisotopic (exact) mass is 415 g/mol. The summed E-state index contributed by atoms with van der Waals surface area (Å²) in [5.74, 6) is -1.48. The van der Waals surface area contributed by atoms with Crippen LogP contribution in [0.15, 0.2) is 14.1 Å². The van der Waals surface area contributed by atoms with E-state index in [-0.39, 0.29) is 16.7 Å². The fourth-order valence-corrected chi connectivity index (χ4v) is 6.06. The summed E-state index contributed by atoms with van der Waals surface area (Å²) in [6.45, 7) is 0.145. The summed E-state index contributed by atoms with van der Waals surface area (Å²) in [4.78, 5) is 11.2. The van der Waals surface area contributed by atoms with Gasteiger partial charge in [0.05, 0.1) is 14.7 Å². The molecular formula is C12H15BrClNO4S2. The number of aliphatic carboxylic acids is 1. The van der Waals surface area contributed by atoms with E-state index < -0.39 is 21.9 Å². The average molecular weight is 417 g/mol. The Balaban J connectivity index is 2.05. The molecule has 1 aliphatic rings. The number of halogens is 2. The predicted molar refractivity (Wildman–Crippen MR) is 85.3 cm³/mol. The molecule has 2 atom stereocenters. The van der Waals surface area contributed by atoms with Crippen molar-refractivity contribution in [2.24, 2.45) is 11.8 Å². The lowest BCUT2D eigenvalue weighted by atomic mass is 9.79. The van der Waals surface area contributed by atoms with Crippen molar-refractivity contribution in [3.8, 4) is 0 Å². The number of thiophene rings is 1. The maximum atomic E-state index is 12.2. The van der Waals surface area contributed by atoms with E-state index in [2.05, 4.69) is 20.7 Å². The summed E-state index contributed by atoms with van der Waals surface area (Å²) in [7, 11) is -3.65. The van der Waals surface area contributed by atoms with Gasteiger partial charge in [-0.3, -0.25) is 4.79 Å². The van der Waals surface area contributed by atoms with Crippen molar-refractivity contribution in [2.75, 3.05) is 6.54 Å². The zero-order valence-electron chi connectivity index (χ0n) is 11.0. The standard InChI is InChI=1S/C12H15BrClNO4S2/c13-11-9(14)5-10(20-11)21(18,19)15-6-7-3-1-2-4-8(7)12(16)17/h5,7-8,15H,1-4,6H2,(H,16,17). The van der Waals surface area contributed by atoms with Gasteiger partial charge in [0.2, 0.25) is 10.0 Å². The number of carbonyl (C=O) groups is 1. The maximum absolute atomic E-state index is 12.2. The Kier molecular flexibility index (Phi) is 5.70. The lowest BCUT2D eigenvalue weighted by Gasteiger charge is -2.28. The Morgan fingerprint density at radius 2 is 2.14 bits per heavy atom. The number of carboxylic acid groups (broad SMARTS) is 1. The van der Waals surface area contributed by atoms with Crippen molar-refractivity contribution in [2.45, 2.75) is 29.9 Å². The van der Waals surface area contributed by atoms with E-state index in [0.717, 1.165) is 30.6 Å². The van der Waals surface area contributed by atoms with Gasteiger partial charge in [-0.1, -0.05) is 24.4 Å². The van der Waals surface area contributed by atoms with Gasteiger partial charge >= 0.3 is 5.97 Å². The molecule has 118 valence electrons. The zero-order valence-corrected chi connectivity index (χ0v) is 15.0. The molecule has 0 radical (unpaired) electrons. The molecule has 1 aliphatic carbocycles. The fourth-order valence-electron chi connectivity index (χ4n) is 2.52. The molecule has 5 nitrogen and oxygen atoms in total. The second kappa shape index (κ2) is 6.95. The molecule has 0 bridgehead atoms. The first-order valence-electron chi connectivity index (χ1n) is 6.48. The van der Waals surface area contributed by atoms with Gasteiger partial charge < -0.3 is 5.11 Å². The average Bonchev–Trinajstić information content (AvgIpc) is 2.77. The van der Waals surface area contributed by atoms with Gasteiger partial charge in [-0.15, -0.1) is 11.3 Å². The third-order valence-corrected chi connectivity index (χ3v) is 8.02. The van der Waals surface area contributed by atoms with Crippen LogP contribution in [0.25, 0.3) is 0 Å². The summed E-state index contributed by atoms with van der Waals surface area (Å²) in [6.07, 6.45) is 3.16. The van der Waals surface area contributed by atoms with Gasteiger partial charge in [0.25, 0.3) is 0 Å². The van der Waals surface area contributed by atoms with Crippen LogP contribution in [0.5, 0.6) is 0 Å². The Bertz CT molecular complexity index is 612. The number of rotatable bonds is 5. The summed E-state index contributed by atoms with van der Waals surface area (Å²) in [5, 5.41) is 9.54. The second-order valence-electron chi connectivity index (χ2n) is 5.03. The van der Waals surface area contributed by atoms with Crippen molar-refractivity contribution in [1.82, 2.24) is 4.72 Å². The molecule has 1 aromatic rings. The highest BCUT2D eigenvalue weighted by atomic mass is 79.9. The molecule has 2 N–H and O–H groups in total. The third kappa shape index (κ3) is 4.19. The number of sulfonamides is 1. The number of nitrogens with one attached hydrogen (secondary N) is 1. The van der Waals surface area contributed by atoms with Crippen LogP contribution in [0.1, 0.15) is 25.7 Å². The Morgan fingerprint density at radius 3 is 2.71 bits per heavy atom. The van der Waals surface area contributed by atoms with Crippen LogP contribution >= 0.6 is 38.9 Å². The minimum absolute atomic E-state index is 0.127. The van der Waals surface area contributed by atoms with E-state index in [1.807, 2.05) is 0 Å². The highest BCUT2D eigenvalue weighted by Crippen LogP contribution is 2.35. The van der Waals surface area contributed by atoms with E-state index in [1.165, 1.54) is 6.07 Å². The van der Waals surface area contributed by atoms with Crippen LogP contribution in [0.4, 0.5) is 0 Å². The van der Waals surface area contributed by atoms with Gasteiger partial charge in [-0.25, -0.2) is 13.1 Å². The molecule has 0 saturated heterocycles. The third-order valence-electron chi connectivity index (χ3n) is 3.65. The fraction of sp³-hybridized carbons (Fsp3) is 0.583. The first-order chi connectivity index (χ1) is 9.81. The Hall–Kier alpha value is -0.150. The molecule has 0 amide bonds. The predicted octanol–water partition coefficient (Wildman–Crippen LogP) is 3.33. The topological polar surface area (TPSA) is 83.5 Å². The number of hydrogen-bond donors (Lipinski definition) is 2. The molecule has 1 saturated carbocycles. The van der Waals surface area contributed by atoms with E-state index in [9.17, 15) is 18.3 Å². The van der Waals surface area contributed by atoms with E-state index in [1.54, 1.807) is 0 Å². The minimum atomic E-state index is -3.65. The van der Waals surface area contributed by atoms with Crippen LogP contribution in [0, 0.1) is 11.8 Å². The second-order valence-corrected chi connectivity index (χ2v) is 9.80. The zero-order chi connectivity index (χ0) is 15.6. The summed E-state index contributed by atoms with van der Waals surface area (Å²) < 4.78 is 27.6. The maximum Gasteiger partial charge on any atom is 0.306 e. The molecular weight excluding hydrogens is 402 g/mol. The molecule has 1 heterocycles. The highest BCUT2D eigenvalue weighted by molar-refractivity contribution is 9.11. The lowest BCUT2D eigenvalue weighted by Crippen LogP contribution is -2.37. The van der Waals surface area contributed by atoms with Crippen molar-refractivity contribution >= 4 is 54.9 Å². The normalized spacial score (nSPS) is 23.1. The molecule has 1 fully saturated rings.